The van der Waals surface area contributed by atoms with Crippen LogP contribution in [0.25, 0.3) is 0 Å². The molecule has 1 aliphatic heterocycles. The average molecular weight is 393 g/mol. The van der Waals surface area contributed by atoms with E-state index in [4.69, 9.17) is 23.2 Å². The van der Waals surface area contributed by atoms with E-state index in [-0.39, 0.29) is 17.8 Å². The zero-order valence-electron chi connectivity index (χ0n) is 14.0. The summed E-state index contributed by atoms with van der Waals surface area (Å²) in [6.45, 7) is 0.672. The highest BCUT2D eigenvalue weighted by molar-refractivity contribution is 6.35. The molecule has 0 saturated heterocycles. The van der Waals surface area contributed by atoms with Crippen molar-refractivity contribution < 1.29 is 9.59 Å². The Morgan fingerprint density at radius 1 is 1.15 bits per heavy atom. The lowest BCUT2D eigenvalue weighted by molar-refractivity contribution is 0.0945. The molecule has 8 heteroatoms. The highest BCUT2D eigenvalue weighted by Crippen LogP contribution is 2.27. The molecule has 0 atom stereocenters. The Kier molecular flexibility index (Phi) is 4.63. The number of benzene rings is 1. The minimum atomic E-state index is -0.400. The predicted octanol–water partition coefficient (Wildman–Crippen LogP) is 3.67. The lowest BCUT2D eigenvalue weighted by atomic mass is 10.1. The number of fused-ring (bicyclic) bond motifs is 1. The summed E-state index contributed by atoms with van der Waals surface area (Å²) in [7, 11) is 0. The van der Waals surface area contributed by atoms with E-state index in [0.29, 0.717) is 28.0 Å². The van der Waals surface area contributed by atoms with Crippen LogP contribution in [0.3, 0.4) is 0 Å². The number of rotatable bonds is 4. The molecule has 1 aliphatic carbocycles. The van der Waals surface area contributed by atoms with Crippen molar-refractivity contribution in [3.05, 3.63) is 45.5 Å². The summed E-state index contributed by atoms with van der Waals surface area (Å²) in [6.07, 6.45) is 4.68. The van der Waals surface area contributed by atoms with Gasteiger partial charge in [-0.1, -0.05) is 23.2 Å². The van der Waals surface area contributed by atoms with E-state index in [1.807, 2.05) is 4.57 Å². The minimum absolute atomic E-state index is 0.196. The van der Waals surface area contributed by atoms with Crippen molar-refractivity contribution in [2.75, 3.05) is 5.32 Å². The number of carbonyl (C=O) groups excluding carboxylic acids is 2. The first kappa shape index (κ1) is 17.4. The summed E-state index contributed by atoms with van der Waals surface area (Å²) in [4.78, 5) is 29.7. The molecule has 26 heavy (non-hydrogen) atoms. The van der Waals surface area contributed by atoms with Crippen LogP contribution in [0.5, 0.6) is 0 Å². The summed E-state index contributed by atoms with van der Waals surface area (Å²) in [6, 6.07) is 5.10. The Balaban J connectivity index is 1.64. The number of nitrogens with zero attached hydrogens (tertiary/aromatic N) is 2. The normalized spacial score (nSPS) is 16.1. The van der Waals surface area contributed by atoms with Gasteiger partial charge < -0.3 is 15.2 Å². The number of nitrogens with one attached hydrogen (secondary N) is 2. The summed E-state index contributed by atoms with van der Waals surface area (Å²) >= 11 is 12.1. The van der Waals surface area contributed by atoms with Gasteiger partial charge in [-0.05, 0) is 50.3 Å². The molecule has 2 amide bonds. The van der Waals surface area contributed by atoms with Crippen molar-refractivity contribution in [3.63, 3.8) is 0 Å². The van der Waals surface area contributed by atoms with E-state index in [1.165, 1.54) is 0 Å². The zero-order chi connectivity index (χ0) is 18.3. The Hall–Kier alpha value is -2.05. The largest absolute Gasteiger partial charge is 0.348 e. The summed E-state index contributed by atoms with van der Waals surface area (Å²) < 4.78 is 1.85. The molecule has 2 N–H and O–H groups in total. The van der Waals surface area contributed by atoms with Crippen LogP contribution in [0.2, 0.25) is 10.0 Å². The molecule has 2 aromatic rings. The fourth-order valence-corrected chi connectivity index (χ4v) is 3.49. The van der Waals surface area contributed by atoms with Crippen molar-refractivity contribution in [2.45, 2.75) is 44.7 Å². The van der Waals surface area contributed by atoms with E-state index in [1.54, 1.807) is 18.2 Å². The maximum absolute atomic E-state index is 12.8. The second-order valence-electron chi connectivity index (χ2n) is 6.67. The first-order valence-electron chi connectivity index (χ1n) is 8.69. The standard InChI is InChI=1S/C18H18Cl2N4O2/c19-10-4-7-12(20)13(9-10)22-18(26)16-23-15(17(25)21-11-5-6-11)14-3-1-2-8-24(14)16/h4,7,9,11H,1-3,5-6,8H2,(H,21,25)(H,22,26). The SMILES string of the molecule is O=C(NC1CC1)c1nc(C(=O)Nc2cc(Cl)ccc2Cl)n2c1CCCC2. The molecule has 2 heterocycles. The van der Waals surface area contributed by atoms with Gasteiger partial charge in [0.15, 0.2) is 5.82 Å². The Bertz CT molecular complexity index is 890. The topological polar surface area (TPSA) is 76.0 Å². The van der Waals surface area contributed by atoms with Crippen molar-refractivity contribution in [3.8, 4) is 0 Å². The number of imidazole rings is 1. The molecule has 4 rings (SSSR count). The van der Waals surface area contributed by atoms with Gasteiger partial charge in [-0.3, -0.25) is 9.59 Å². The van der Waals surface area contributed by atoms with Crippen molar-refractivity contribution in [1.82, 2.24) is 14.9 Å². The van der Waals surface area contributed by atoms with Gasteiger partial charge in [0.2, 0.25) is 0 Å². The number of hydrogen-bond donors (Lipinski definition) is 2. The zero-order valence-corrected chi connectivity index (χ0v) is 15.5. The number of carbonyl (C=O) groups is 2. The smallest absolute Gasteiger partial charge is 0.291 e. The second-order valence-corrected chi connectivity index (χ2v) is 7.51. The van der Waals surface area contributed by atoms with Gasteiger partial charge in [-0.25, -0.2) is 4.98 Å². The molecule has 2 aliphatic rings. The molecule has 0 radical (unpaired) electrons. The molecule has 0 bridgehead atoms. The highest BCUT2D eigenvalue weighted by atomic mass is 35.5. The fraction of sp³-hybridized carbons (Fsp3) is 0.389. The van der Waals surface area contributed by atoms with Gasteiger partial charge in [-0.15, -0.1) is 0 Å². The maximum atomic E-state index is 12.8. The quantitative estimate of drug-likeness (QED) is 0.832. The number of anilines is 1. The predicted molar refractivity (Wildman–Crippen MR) is 100 cm³/mol. The van der Waals surface area contributed by atoms with E-state index < -0.39 is 5.91 Å². The monoisotopic (exact) mass is 392 g/mol. The van der Waals surface area contributed by atoms with Crippen LogP contribution in [-0.2, 0) is 13.0 Å². The van der Waals surface area contributed by atoms with Crippen LogP contribution in [0, 0.1) is 0 Å². The maximum Gasteiger partial charge on any atom is 0.291 e. The molecule has 1 saturated carbocycles. The Labute approximate surface area is 160 Å². The van der Waals surface area contributed by atoms with E-state index in [2.05, 4.69) is 15.6 Å². The summed E-state index contributed by atoms with van der Waals surface area (Å²) in [5, 5.41) is 6.57. The number of aromatic nitrogens is 2. The second kappa shape index (κ2) is 6.93. The van der Waals surface area contributed by atoms with Crippen LogP contribution in [0.15, 0.2) is 18.2 Å². The fourth-order valence-electron chi connectivity index (χ4n) is 3.15. The molecule has 6 nitrogen and oxygen atoms in total. The number of hydrogen-bond acceptors (Lipinski definition) is 3. The van der Waals surface area contributed by atoms with E-state index in [0.717, 1.165) is 37.8 Å². The van der Waals surface area contributed by atoms with Crippen LogP contribution in [0.4, 0.5) is 5.69 Å². The third-order valence-corrected chi connectivity index (χ3v) is 5.19. The summed E-state index contributed by atoms with van der Waals surface area (Å²) in [5.41, 5.74) is 1.61. The molecular formula is C18H18Cl2N4O2. The third kappa shape index (κ3) is 3.44. The van der Waals surface area contributed by atoms with Crippen molar-refractivity contribution in [2.24, 2.45) is 0 Å². The highest BCUT2D eigenvalue weighted by Gasteiger charge is 2.30. The van der Waals surface area contributed by atoms with Crippen LogP contribution >= 0.6 is 23.2 Å². The van der Waals surface area contributed by atoms with Crippen LogP contribution in [-0.4, -0.2) is 27.4 Å². The molecule has 1 aromatic heterocycles. The number of amides is 2. The lowest BCUT2D eigenvalue weighted by Crippen LogP contribution is -2.27. The van der Waals surface area contributed by atoms with Crippen LogP contribution < -0.4 is 10.6 Å². The average Bonchev–Trinajstić information content (AvgIpc) is 3.34. The minimum Gasteiger partial charge on any atom is -0.348 e. The molecule has 1 aromatic carbocycles. The molecule has 0 unspecified atom stereocenters. The van der Waals surface area contributed by atoms with Gasteiger partial charge in [0, 0.05) is 17.6 Å². The summed E-state index contributed by atoms with van der Waals surface area (Å²) in [5.74, 6) is -0.363. The van der Waals surface area contributed by atoms with E-state index in [9.17, 15) is 9.59 Å². The Morgan fingerprint density at radius 2 is 1.96 bits per heavy atom. The van der Waals surface area contributed by atoms with Gasteiger partial charge >= 0.3 is 0 Å². The van der Waals surface area contributed by atoms with Crippen LogP contribution in [0.1, 0.15) is 52.5 Å². The number of halogens is 2. The molecular weight excluding hydrogens is 375 g/mol. The van der Waals surface area contributed by atoms with Gasteiger partial charge in [0.1, 0.15) is 5.69 Å². The van der Waals surface area contributed by atoms with Gasteiger partial charge in [0.25, 0.3) is 11.8 Å². The molecule has 136 valence electrons. The van der Waals surface area contributed by atoms with E-state index >= 15 is 0 Å². The first-order valence-corrected chi connectivity index (χ1v) is 9.45. The van der Waals surface area contributed by atoms with Crippen molar-refractivity contribution in [1.29, 1.82) is 0 Å². The third-order valence-electron chi connectivity index (χ3n) is 4.63. The lowest BCUT2D eigenvalue weighted by Gasteiger charge is -2.17. The van der Waals surface area contributed by atoms with Gasteiger partial charge in [-0.2, -0.15) is 0 Å². The first-order chi connectivity index (χ1) is 12.5. The van der Waals surface area contributed by atoms with Crippen molar-refractivity contribution >= 4 is 40.7 Å². The van der Waals surface area contributed by atoms with Gasteiger partial charge in [0.05, 0.1) is 16.4 Å². The molecule has 1 fully saturated rings. The Morgan fingerprint density at radius 3 is 2.73 bits per heavy atom. The molecule has 0 spiro atoms.